The first-order valence-electron chi connectivity index (χ1n) is 7.04. The second kappa shape index (κ2) is 4.82. The minimum Gasteiger partial charge on any atom is -0.408 e. The molecule has 1 aromatic heterocycles. The van der Waals surface area contributed by atoms with Crippen molar-refractivity contribution in [3.63, 3.8) is 0 Å². The Morgan fingerprint density at radius 2 is 2.20 bits per heavy atom. The van der Waals surface area contributed by atoms with Crippen LogP contribution in [0.2, 0.25) is 0 Å². The highest BCUT2D eigenvalue weighted by atomic mass is 16.4. The summed E-state index contributed by atoms with van der Waals surface area (Å²) in [5, 5.41) is 20.4. The molecule has 0 unspecified atom stereocenters. The fourth-order valence-electron chi connectivity index (χ4n) is 2.60. The van der Waals surface area contributed by atoms with Crippen LogP contribution in [0.4, 0.5) is 6.01 Å². The average Bonchev–Trinajstić information content (AvgIpc) is 3.08. The number of carbonyl (C=O) groups is 1. The molecule has 20 heavy (non-hydrogen) atoms. The molecule has 1 aliphatic carbocycles. The maximum Gasteiger partial charge on any atom is 0.322 e. The Bertz CT molecular complexity index is 503. The minimum atomic E-state index is -0.560. The quantitative estimate of drug-likeness (QED) is 0.820. The predicted octanol–water partition coefficient (Wildman–Crippen LogP) is 0.588. The van der Waals surface area contributed by atoms with Crippen LogP contribution in [-0.4, -0.2) is 51.3 Å². The van der Waals surface area contributed by atoms with Crippen LogP contribution < -0.4 is 5.32 Å². The highest BCUT2D eigenvalue weighted by Gasteiger charge is 2.51. The van der Waals surface area contributed by atoms with Gasteiger partial charge in [0, 0.05) is 19.0 Å². The van der Waals surface area contributed by atoms with E-state index in [1.807, 2.05) is 18.7 Å². The van der Waals surface area contributed by atoms with E-state index >= 15 is 0 Å². The molecule has 110 valence electrons. The SMILES string of the molecule is CC(C)c1nnc(NC(=O)CN2CC(O)(C3CC3)C2)o1. The van der Waals surface area contributed by atoms with Gasteiger partial charge in [0.25, 0.3) is 0 Å². The van der Waals surface area contributed by atoms with Gasteiger partial charge >= 0.3 is 6.01 Å². The highest BCUT2D eigenvalue weighted by Crippen LogP contribution is 2.44. The summed E-state index contributed by atoms with van der Waals surface area (Å²) in [7, 11) is 0. The third kappa shape index (κ3) is 2.69. The zero-order chi connectivity index (χ0) is 14.3. The molecule has 1 aliphatic heterocycles. The topological polar surface area (TPSA) is 91.5 Å². The fraction of sp³-hybridized carbons (Fsp3) is 0.769. The lowest BCUT2D eigenvalue weighted by Crippen LogP contribution is -2.64. The number of amides is 1. The fourth-order valence-corrected chi connectivity index (χ4v) is 2.60. The normalized spacial score (nSPS) is 21.8. The Balaban J connectivity index is 1.45. The van der Waals surface area contributed by atoms with Gasteiger partial charge in [-0.1, -0.05) is 18.9 Å². The van der Waals surface area contributed by atoms with Crippen LogP contribution in [-0.2, 0) is 4.79 Å². The van der Waals surface area contributed by atoms with Crippen LogP contribution in [0.15, 0.2) is 4.42 Å². The summed E-state index contributed by atoms with van der Waals surface area (Å²) in [6.07, 6.45) is 2.22. The van der Waals surface area contributed by atoms with Gasteiger partial charge in [0.15, 0.2) is 0 Å². The second-order valence-corrected chi connectivity index (χ2v) is 6.17. The van der Waals surface area contributed by atoms with E-state index in [0.29, 0.717) is 24.9 Å². The van der Waals surface area contributed by atoms with Gasteiger partial charge in [-0.15, -0.1) is 5.10 Å². The van der Waals surface area contributed by atoms with Crippen molar-refractivity contribution in [2.24, 2.45) is 5.92 Å². The summed E-state index contributed by atoms with van der Waals surface area (Å²) in [5.74, 6) is 0.887. The molecule has 1 saturated carbocycles. The molecule has 0 radical (unpaired) electrons. The molecule has 0 atom stereocenters. The molecule has 2 aliphatic rings. The van der Waals surface area contributed by atoms with Crippen LogP contribution >= 0.6 is 0 Å². The number of aliphatic hydroxyl groups is 1. The van der Waals surface area contributed by atoms with Crippen molar-refractivity contribution < 1.29 is 14.3 Å². The maximum absolute atomic E-state index is 11.8. The lowest BCUT2D eigenvalue weighted by Gasteiger charge is -2.46. The van der Waals surface area contributed by atoms with Crippen LogP contribution in [0.3, 0.4) is 0 Å². The Morgan fingerprint density at radius 3 is 2.75 bits per heavy atom. The number of β-amino-alcohol motifs (C(OH)–C–C–N with tert-alkyl or cyclic N) is 1. The van der Waals surface area contributed by atoms with E-state index < -0.39 is 5.60 Å². The number of rotatable bonds is 5. The number of nitrogens with zero attached hydrogens (tertiary/aromatic N) is 3. The third-order valence-corrected chi connectivity index (χ3v) is 3.88. The summed E-state index contributed by atoms with van der Waals surface area (Å²) < 4.78 is 5.32. The first-order chi connectivity index (χ1) is 9.46. The monoisotopic (exact) mass is 280 g/mol. The Morgan fingerprint density at radius 1 is 1.50 bits per heavy atom. The van der Waals surface area contributed by atoms with Crippen LogP contribution in [0.5, 0.6) is 0 Å². The van der Waals surface area contributed by atoms with E-state index in [4.69, 9.17) is 4.42 Å². The van der Waals surface area contributed by atoms with Crippen LogP contribution in [0.1, 0.15) is 38.5 Å². The van der Waals surface area contributed by atoms with E-state index in [2.05, 4.69) is 15.5 Å². The molecule has 0 bridgehead atoms. The van der Waals surface area contributed by atoms with Gasteiger partial charge in [0.1, 0.15) is 0 Å². The Labute approximate surface area is 117 Å². The van der Waals surface area contributed by atoms with Crippen molar-refractivity contribution >= 4 is 11.9 Å². The van der Waals surface area contributed by atoms with Gasteiger partial charge in [-0.25, -0.2) is 0 Å². The van der Waals surface area contributed by atoms with Gasteiger partial charge in [0.2, 0.25) is 11.8 Å². The molecule has 1 saturated heterocycles. The zero-order valence-corrected chi connectivity index (χ0v) is 11.8. The number of hydrogen-bond donors (Lipinski definition) is 2. The van der Waals surface area contributed by atoms with Gasteiger partial charge < -0.3 is 9.52 Å². The summed E-state index contributed by atoms with van der Waals surface area (Å²) in [4.78, 5) is 13.8. The van der Waals surface area contributed by atoms with E-state index in [9.17, 15) is 9.90 Å². The number of nitrogens with one attached hydrogen (secondary N) is 1. The Hall–Kier alpha value is -1.47. The Kier molecular flexibility index (Phi) is 3.25. The number of carbonyl (C=O) groups excluding carboxylic acids is 1. The smallest absolute Gasteiger partial charge is 0.322 e. The van der Waals surface area contributed by atoms with E-state index in [0.717, 1.165) is 12.8 Å². The molecular formula is C13H20N4O3. The first kappa shape index (κ1) is 13.5. The average molecular weight is 280 g/mol. The van der Waals surface area contributed by atoms with Crippen molar-refractivity contribution in [1.82, 2.24) is 15.1 Å². The van der Waals surface area contributed by atoms with Gasteiger partial charge in [-0.3, -0.25) is 15.0 Å². The van der Waals surface area contributed by atoms with Crippen molar-refractivity contribution in [3.05, 3.63) is 5.89 Å². The lowest BCUT2D eigenvalue weighted by atomic mass is 9.89. The van der Waals surface area contributed by atoms with Crippen LogP contribution in [0, 0.1) is 5.92 Å². The van der Waals surface area contributed by atoms with Crippen molar-refractivity contribution in [3.8, 4) is 0 Å². The standard InChI is InChI=1S/C13H20N4O3/c1-8(2)11-15-16-12(20-11)14-10(18)5-17-6-13(19,7-17)9-3-4-9/h8-9,19H,3-7H2,1-2H3,(H,14,16,18). The molecule has 3 rings (SSSR count). The van der Waals surface area contributed by atoms with Crippen molar-refractivity contribution in [2.75, 3.05) is 25.0 Å². The summed E-state index contributed by atoms with van der Waals surface area (Å²) in [6, 6.07) is 0.136. The molecule has 1 aromatic rings. The zero-order valence-electron chi connectivity index (χ0n) is 11.8. The molecular weight excluding hydrogens is 260 g/mol. The molecule has 1 amide bonds. The van der Waals surface area contributed by atoms with Gasteiger partial charge in [-0.05, 0) is 18.8 Å². The maximum atomic E-state index is 11.8. The minimum absolute atomic E-state index is 0.136. The number of anilines is 1. The molecule has 0 aromatic carbocycles. The van der Waals surface area contributed by atoms with Crippen LogP contribution in [0.25, 0.3) is 0 Å². The number of likely N-dealkylation sites (tertiary alicyclic amines) is 1. The van der Waals surface area contributed by atoms with E-state index in [1.54, 1.807) is 0 Å². The molecule has 2 fully saturated rings. The molecule has 7 heteroatoms. The first-order valence-corrected chi connectivity index (χ1v) is 7.04. The predicted molar refractivity (Wildman–Crippen MR) is 71.1 cm³/mol. The summed E-state index contributed by atoms with van der Waals surface area (Å²) >= 11 is 0. The second-order valence-electron chi connectivity index (χ2n) is 6.17. The van der Waals surface area contributed by atoms with Crippen molar-refractivity contribution in [2.45, 2.75) is 38.2 Å². The number of aromatic nitrogens is 2. The van der Waals surface area contributed by atoms with Crippen molar-refractivity contribution in [1.29, 1.82) is 0 Å². The van der Waals surface area contributed by atoms with E-state index in [-0.39, 0.29) is 24.4 Å². The van der Waals surface area contributed by atoms with Gasteiger partial charge in [0.05, 0.1) is 12.1 Å². The largest absolute Gasteiger partial charge is 0.408 e. The molecule has 2 heterocycles. The lowest BCUT2D eigenvalue weighted by molar-refractivity contribution is -0.132. The van der Waals surface area contributed by atoms with E-state index in [1.165, 1.54) is 0 Å². The highest BCUT2D eigenvalue weighted by molar-refractivity contribution is 5.90. The molecule has 7 nitrogen and oxygen atoms in total. The van der Waals surface area contributed by atoms with Gasteiger partial charge in [-0.2, -0.15) is 0 Å². The summed E-state index contributed by atoms with van der Waals surface area (Å²) in [5.41, 5.74) is -0.560. The summed E-state index contributed by atoms with van der Waals surface area (Å²) in [6.45, 7) is 5.28. The molecule has 0 spiro atoms. The number of hydrogen-bond acceptors (Lipinski definition) is 6. The molecule has 2 N–H and O–H groups in total. The third-order valence-electron chi connectivity index (χ3n) is 3.88.